The number of aliphatic hydroxyl groups is 1. The predicted octanol–water partition coefficient (Wildman–Crippen LogP) is 4.92. The molecule has 1 amide bonds. The standard InChI is InChI=1S/C25H21N3O3S/c1-27(2)15-9-11-16(12-10-15)28-22(20-8-5-13-32-20)21(24(30)25(28)31)23(29)18-14-26-19-7-4-3-6-17(18)19/h3-14,22,26,29H,1-2H3/b23-21-. The number of carbonyl (C=O) groups excluding carboxylic acids is 2. The number of aromatic amines is 1. The Balaban J connectivity index is 1.69. The zero-order valence-electron chi connectivity index (χ0n) is 17.6. The lowest BCUT2D eigenvalue weighted by molar-refractivity contribution is -0.132. The number of para-hydroxylation sites is 1. The number of thiophene rings is 1. The Labute approximate surface area is 189 Å². The van der Waals surface area contributed by atoms with Crippen LogP contribution in [0.3, 0.4) is 0 Å². The summed E-state index contributed by atoms with van der Waals surface area (Å²) in [6.45, 7) is 0. The summed E-state index contributed by atoms with van der Waals surface area (Å²) < 4.78 is 0. The van der Waals surface area contributed by atoms with Crippen LogP contribution < -0.4 is 9.80 Å². The van der Waals surface area contributed by atoms with E-state index in [9.17, 15) is 14.7 Å². The van der Waals surface area contributed by atoms with Crippen LogP contribution in [0.15, 0.2) is 77.8 Å². The molecule has 1 saturated heterocycles. The van der Waals surface area contributed by atoms with Crippen molar-refractivity contribution >= 4 is 51.1 Å². The highest BCUT2D eigenvalue weighted by Crippen LogP contribution is 2.44. The van der Waals surface area contributed by atoms with Gasteiger partial charge in [0.05, 0.1) is 5.57 Å². The molecule has 5 rings (SSSR count). The summed E-state index contributed by atoms with van der Waals surface area (Å²) in [4.78, 5) is 33.8. The molecule has 2 aromatic heterocycles. The first-order chi connectivity index (χ1) is 15.5. The van der Waals surface area contributed by atoms with Crippen LogP contribution >= 0.6 is 11.3 Å². The first kappa shape index (κ1) is 20.1. The van der Waals surface area contributed by atoms with E-state index in [-0.39, 0.29) is 11.3 Å². The summed E-state index contributed by atoms with van der Waals surface area (Å²) in [6.07, 6.45) is 1.67. The Morgan fingerprint density at radius 1 is 1.03 bits per heavy atom. The molecular weight excluding hydrogens is 422 g/mol. The van der Waals surface area contributed by atoms with Gasteiger partial charge in [-0.3, -0.25) is 14.5 Å². The molecule has 0 spiro atoms. The number of hydrogen-bond donors (Lipinski definition) is 2. The van der Waals surface area contributed by atoms with Crippen molar-refractivity contribution in [3.05, 3.63) is 88.3 Å². The van der Waals surface area contributed by atoms with E-state index in [1.807, 2.05) is 85.0 Å². The summed E-state index contributed by atoms with van der Waals surface area (Å²) in [6, 6.07) is 18.0. The highest BCUT2D eigenvalue weighted by Gasteiger charge is 2.47. The maximum Gasteiger partial charge on any atom is 0.300 e. The van der Waals surface area contributed by atoms with Crippen molar-refractivity contribution in [3.8, 4) is 0 Å². The van der Waals surface area contributed by atoms with Gasteiger partial charge in [-0.2, -0.15) is 0 Å². The van der Waals surface area contributed by atoms with Crippen molar-refractivity contribution < 1.29 is 14.7 Å². The molecule has 2 aromatic carbocycles. The quantitative estimate of drug-likeness (QED) is 0.267. The van der Waals surface area contributed by atoms with E-state index in [2.05, 4.69) is 4.98 Å². The summed E-state index contributed by atoms with van der Waals surface area (Å²) in [5, 5.41) is 14.0. The number of hydrogen-bond acceptors (Lipinski definition) is 5. The molecule has 0 bridgehead atoms. The molecule has 1 fully saturated rings. The number of nitrogens with one attached hydrogen (secondary N) is 1. The molecule has 1 unspecified atom stereocenters. The van der Waals surface area contributed by atoms with E-state index < -0.39 is 17.7 Å². The highest BCUT2D eigenvalue weighted by molar-refractivity contribution is 7.10. The van der Waals surface area contributed by atoms with Crippen molar-refractivity contribution in [2.24, 2.45) is 0 Å². The topological polar surface area (TPSA) is 76.6 Å². The molecule has 3 heterocycles. The normalized spacial score (nSPS) is 17.9. The number of Topliss-reactive ketones (excluding diaryl/α,β-unsaturated/α-hetero) is 1. The molecule has 7 heteroatoms. The molecule has 32 heavy (non-hydrogen) atoms. The third-order valence-electron chi connectivity index (χ3n) is 5.75. The lowest BCUT2D eigenvalue weighted by Crippen LogP contribution is -2.29. The average molecular weight is 444 g/mol. The van der Waals surface area contributed by atoms with Gasteiger partial charge in [0.2, 0.25) is 0 Å². The first-order valence-corrected chi connectivity index (χ1v) is 11.0. The lowest BCUT2D eigenvalue weighted by atomic mass is 9.99. The monoisotopic (exact) mass is 443 g/mol. The smallest absolute Gasteiger partial charge is 0.300 e. The predicted molar refractivity (Wildman–Crippen MR) is 128 cm³/mol. The zero-order chi connectivity index (χ0) is 22.4. The van der Waals surface area contributed by atoms with E-state index in [0.29, 0.717) is 11.3 Å². The molecule has 1 aliphatic rings. The first-order valence-electron chi connectivity index (χ1n) is 10.2. The van der Waals surface area contributed by atoms with E-state index in [1.54, 1.807) is 6.20 Å². The van der Waals surface area contributed by atoms with Crippen LogP contribution in [0, 0.1) is 0 Å². The zero-order valence-corrected chi connectivity index (χ0v) is 18.4. The van der Waals surface area contributed by atoms with E-state index in [4.69, 9.17) is 0 Å². The second-order valence-electron chi connectivity index (χ2n) is 7.84. The number of rotatable bonds is 4. The molecule has 0 radical (unpaired) electrons. The molecule has 0 saturated carbocycles. The van der Waals surface area contributed by atoms with Crippen molar-refractivity contribution in [1.29, 1.82) is 0 Å². The Kier molecular flexibility index (Phi) is 4.83. The largest absolute Gasteiger partial charge is 0.507 e. The van der Waals surface area contributed by atoms with Gasteiger partial charge >= 0.3 is 0 Å². The summed E-state index contributed by atoms with van der Waals surface area (Å²) >= 11 is 1.45. The fraction of sp³-hybridized carbons (Fsp3) is 0.120. The van der Waals surface area contributed by atoms with E-state index in [0.717, 1.165) is 21.5 Å². The van der Waals surface area contributed by atoms with Crippen LogP contribution in [-0.4, -0.2) is 35.9 Å². The van der Waals surface area contributed by atoms with Crippen molar-refractivity contribution in [2.45, 2.75) is 6.04 Å². The molecule has 4 aromatic rings. The van der Waals surface area contributed by atoms with Gasteiger partial charge in [-0.1, -0.05) is 24.3 Å². The maximum atomic E-state index is 13.2. The van der Waals surface area contributed by atoms with Crippen LogP contribution in [0.2, 0.25) is 0 Å². The van der Waals surface area contributed by atoms with Crippen LogP contribution in [0.25, 0.3) is 16.7 Å². The molecule has 160 valence electrons. The van der Waals surface area contributed by atoms with Crippen molar-refractivity contribution in [2.75, 3.05) is 23.9 Å². The number of aliphatic hydroxyl groups excluding tert-OH is 1. The Morgan fingerprint density at radius 2 is 1.78 bits per heavy atom. The Morgan fingerprint density at radius 3 is 2.47 bits per heavy atom. The highest BCUT2D eigenvalue weighted by atomic mass is 32.1. The number of amides is 1. The van der Waals surface area contributed by atoms with Gasteiger partial charge in [0, 0.05) is 53.0 Å². The van der Waals surface area contributed by atoms with Crippen molar-refractivity contribution in [3.63, 3.8) is 0 Å². The van der Waals surface area contributed by atoms with Gasteiger partial charge in [-0.15, -0.1) is 11.3 Å². The number of benzene rings is 2. The number of aromatic nitrogens is 1. The number of anilines is 2. The minimum Gasteiger partial charge on any atom is -0.507 e. The molecule has 6 nitrogen and oxygen atoms in total. The number of fused-ring (bicyclic) bond motifs is 1. The molecule has 0 aliphatic carbocycles. The fourth-order valence-electron chi connectivity index (χ4n) is 4.14. The minimum atomic E-state index is -0.700. The lowest BCUT2D eigenvalue weighted by Gasteiger charge is -2.24. The number of ketones is 1. The van der Waals surface area contributed by atoms with Crippen LogP contribution in [0.4, 0.5) is 11.4 Å². The van der Waals surface area contributed by atoms with Gasteiger partial charge in [0.15, 0.2) is 0 Å². The second kappa shape index (κ2) is 7.69. The van der Waals surface area contributed by atoms with Gasteiger partial charge in [-0.05, 0) is 41.8 Å². The average Bonchev–Trinajstić information content (AvgIpc) is 3.52. The third kappa shape index (κ3) is 3.09. The minimum absolute atomic E-state index is 0.0962. The van der Waals surface area contributed by atoms with E-state index in [1.165, 1.54) is 16.2 Å². The van der Waals surface area contributed by atoms with Crippen LogP contribution in [0.5, 0.6) is 0 Å². The van der Waals surface area contributed by atoms with Crippen molar-refractivity contribution in [1.82, 2.24) is 4.98 Å². The number of carbonyl (C=O) groups is 2. The SMILES string of the molecule is CN(C)c1ccc(N2C(=O)C(=O)/C(=C(\O)c3c[nH]c4ccccc34)C2c2cccs2)cc1. The van der Waals surface area contributed by atoms with E-state index >= 15 is 0 Å². The Hall–Kier alpha value is -3.84. The van der Waals surface area contributed by atoms with Gasteiger partial charge in [-0.25, -0.2) is 0 Å². The summed E-state index contributed by atoms with van der Waals surface area (Å²) in [5.74, 6) is -1.52. The van der Waals surface area contributed by atoms with Crippen LogP contribution in [0.1, 0.15) is 16.5 Å². The van der Waals surface area contributed by atoms with Crippen LogP contribution in [-0.2, 0) is 9.59 Å². The summed E-state index contributed by atoms with van der Waals surface area (Å²) in [5.41, 5.74) is 3.03. The molecular formula is C25H21N3O3S. The maximum absolute atomic E-state index is 13.2. The third-order valence-corrected chi connectivity index (χ3v) is 6.67. The molecule has 2 N–H and O–H groups in total. The number of nitrogens with zero attached hydrogens (tertiary/aromatic N) is 2. The van der Waals surface area contributed by atoms with Gasteiger partial charge in [0.25, 0.3) is 11.7 Å². The van der Waals surface area contributed by atoms with Gasteiger partial charge in [0.1, 0.15) is 11.8 Å². The van der Waals surface area contributed by atoms with Gasteiger partial charge < -0.3 is 15.0 Å². The Bertz CT molecular complexity index is 1350. The fourth-order valence-corrected chi connectivity index (χ4v) is 4.96. The molecule has 1 aliphatic heterocycles. The summed E-state index contributed by atoms with van der Waals surface area (Å²) in [7, 11) is 3.88. The molecule has 1 atom stereocenters. The number of H-pyrrole nitrogens is 1. The second-order valence-corrected chi connectivity index (χ2v) is 8.82.